The molecule has 0 atom stereocenters. The summed E-state index contributed by atoms with van der Waals surface area (Å²) in [5.41, 5.74) is 0. The maximum atomic E-state index is 10.9. The molecule has 0 unspecified atom stereocenters. The summed E-state index contributed by atoms with van der Waals surface area (Å²) < 4.78 is 4.72. The molecule has 1 rings (SSSR count). The third-order valence-corrected chi connectivity index (χ3v) is 2.56. The molecule has 0 spiro atoms. The van der Waals surface area contributed by atoms with Gasteiger partial charge in [-0.2, -0.15) is 0 Å². The second kappa shape index (κ2) is 5.59. The topological polar surface area (TPSA) is 51.2 Å². The Bertz CT molecular complexity index is 299. The number of aromatic nitrogens is 1. The maximum absolute atomic E-state index is 10.9. The zero-order valence-corrected chi connectivity index (χ0v) is 9.19. The average Bonchev–Trinajstić information content (AvgIpc) is 2.52. The number of amides is 1. The van der Waals surface area contributed by atoms with Crippen LogP contribution >= 0.6 is 11.3 Å². The zero-order chi connectivity index (χ0) is 10.4. The van der Waals surface area contributed by atoms with Gasteiger partial charge in [-0.25, -0.2) is 9.78 Å². The van der Waals surface area contributed by atoms with Crippen molar-refractivity contribution in [3.8, 4) is 0 Å². The second-order valence-corrected chi connectivity index (χ2v) is 4.06. The Morgan fingerprint density at radius 2 is 2.50 bits per heavy atom. The van der Waals surface area contributed by atoms with E-state index in [1.165, 1.54) is 4.88 Å². The molecule has 78 valence electrons. The van der Waals surface area contributed by atoms with Crippen molar-refractivity contribution >= 4 is 17.4 Å². The van der Waals surface area contributed by atoms with Gasteiger partial charge in [0, 0.05) is 24.0 Å². The first-order valence-corrected chi connectivity index (χ1v) is 5.36. The molecule has 1 amide bonds. The lowest BCUT2D eigenvalue weighted by Gasteiger charge is -2.02. The number of hydrogen-bond donors (Lipinski definition) is 1. The highest BCUT2D eigenvalue weighted by Gasteiger charge is 2.01. The number of aryl methyl sites for hydroxylation is 1. The molecule has 14 heavy (non-hydrogen) atoms. The van der Waals surface area contributed by atoms with Crippen molar-refractivity contribution in [1.29, 1.82) is 0 Å². The molecule has 0 aromatic carbocycles. The summed E-state index contributed by atoms with van der Waals surface area (Å²) in [6.45, 7) is 4.75. The Hall–Kier alpha value is -1.10. The number of carbonyl (C=O) groups excluding carboxylic acids is 1. The van der Waals surface area contributed by atoms with Crippen LogP contribution in [0.3, 0.4) is 0 Å². The van der Waals surface area contributed by atoms with Crippen molar-refractivity contribution in [1.82, 2.24) is 10.3 Å². The van der Waals surface area contributed by atoms with E-state index < -0.39 is 0 Å². The molecule has 0 aliphatic carbocycles. The Kier molecular flexibility index (Phi) is 4.39. The molecule has 5 heteroatoms. The molecular formula is C9H14N2O2S. The Labute approximate surface area is 87.3 Å². The summed E-state index contributed by atoms with van der Waals surface area (Å²) in [4.78, 5) is 16.2. The number of ether oxygens (including phenoxy) is 1. The molecule has 1 aromatic rings. The molecule has 1 heterocycles. The number of alkyl carbamates (subject to hydrolysis) is 1. The standard InChI is InChI=1S/C9H14N2O2S/c1-3-13-9(12)10-5-4-8-6-11-7(2)14-8/h6H,3-5H2,1-2H3,(H,10,12). The Morgan fingerprint density at radius 1 is 1.71 bits per heavy atom. The third-order valence-electron chi connectivity index (χ3n) is 1.59. The number of nitrogens with one attached hydrogen (secondary N) is 1. The predicted octanol–water partition coefficient (Wildman–Crippen LogP) is 1.74. The van der Waals surface area contributed by atoms with Crippen LogP contribution in [0.25, 0.3) is 0 Å². The Balaban J connectivity index is 2.18. The van der Waals surface area contributed by atoms with Gasteiger partial charge in [0.25, 0.3) is 0 Å². The van der Waals surface area contributed by atoms with Crippen LogP contribution < -0.4 is 5.32 Å². The molecule has 0 radical (unpaired) electrons. The first kappa shape index (κ1) is 11.0. The van der Waals surface area contributed by atoms with E-state index in [-0.39, 0.29) is 6.09 Å². The quantitative estimate of drug-likeness (QED) is 0.830. The van der Waals surface area contributed by atoms with Gasteiger partial charge in [0.1, 0.15) is 0 Å². The van der Waals surface area contributed by atoms with Crippen molar-refractivity contribution in [3.63, 3.8) is 0 Å². The van der Waals surface area contributed by atoms with E-state index in [4.69, 9.17) is 4.74 Å². The molecule has 1 aromatic heterocycles. The third kappa shape index (κ3) is 3.74. The van der Waals surface area contributed by atoms with E-state index in [1.54, 1.807) is 18.3 Å². The fraction of sp³-hybridized carbons (Fsp3) is 0.556. The molecular weight excluding hydrogens is 200 g/mol. The van der Waals surface area contributed by atoms with E-state index in [9.17, 15) is 4.79 Å². The molecule has 0 aliphatic heterocycles. The lowest BCUT2D eigenvalue weighted by molar-refractivity contribution is 0.152. The van der Waals surface area contributed by atoms with Crippen molar-refractivity contribution < 1.29 is 9.53 Å². The highest BCUT2D eigenvalue weighted by molar-refractivity contribution is 7.11. The van der Waals surface area contributed by atoms with E-state index in [0.29, 0.717) is 13.2 Å². The van der Waals surface area contributed by atoms with Gasteiger partial charge in [0.2, 0.25) is 0 Å². The van der Waals surface area contributed by atoms with Gasteiger partial charge in [-0.15, -0.1) is 11.3 Å². The van der Waals surface area contributed by atoms with Crippen molar-refractivity contribution in [2.24, 2.45) is 0 Å². The van der Waals surface area contributed by atoms with Gasteiger partial charge in [-0.3, -0.25) is 0 Å². The monoisotopic (exact) mass is 214 g/mol. The summed E-state index contributed by atoms with van der Waals surface area (Å²) in [6, 6.07) is 0. The summed E-state index contributed by atoms with van der Waals surface area (Å²) in [5.74, 6) is 0. The van der Waals surface area contributed by atoms with E-state index >= 15 is 0 Å². The van der Waals surface area contributed by atoms with Gasteiger partial charge >= 0.3 is 6.09 Å². The fourth-order valence-corrected chi connectivity index (χ4v) is 1.79. The summed E-state index contributed by atoms with van der Waals surface area (Å²) in [5, 5.41) is 3.71. The average molecular weight is 214 g/mol. The highest BCUT2D eigenvalue weighted by Crippen LogP contribution is 2.11. The van der Waals surface area contributed by atoms with Crippen LogP contribution in [-0.2, 0) is 11.2 Å². The number of rotatable bonds is 4. The van der Waals surface area contributed by atoms with Crippen LogP contribution in [0.15, 0.2) is 6.20 Å². The molecule has 1 N–H and O–H groups in total. The summed E-state index contributed by atoms with van der Waals surface area (Å²) in [6.07, 6.45) is 2.30. The van der Waals surface area contributed by atoms with Crippen LogP contribution in [0.4, 0.5) is 4.79 Å². The molecule has 0 saturated carbocycles. The summed E-state index contributed by atoms with van der Waals surface area (Å²) >= 11 is 1.65. The molecule has 0 aliphatic rings. The normalized spacial score (nSPS) is 9.86. The van der Waals surface area contributed by atoms with Gasteiger partial charge in [-0.05, 0) is 13.8 Å². The number of thiazole rings is 1. The lowest BCUT2D eigenvalue weighted by atomic mass is 10.4. The largest absolute Gasteiger partial charge is 0.450 e. The van der Waals surface area contributed by atoms with Gasteiger partial charge in [0.05, 0.1) is 11.6 Å². The van der Waals surface area contributed by atoms with E-state index in [1.807, 2.05) is 13.1 Å². The van der Waals surface area contributed by atoms with Crippen LogP contribution in [-0.4, -0.2) is 24.2 Å². The molecule has 0 bridgehead atoms. The Morgan fingerprint density at radius 3 is 3.07 bits per heavy atom. The molecule has 4 nitrogen and oxygen atoms in total. The van der Waals surface area contributed by atoms with Crippen molar-refractivity contribution in [2.75, 3.05) is 13.2 Å². The SMILES string of the molecule is CCOC(=O)NCCc1cnc(C)s1. The first-order valence-electron chi connectivity index (χ1n) is 4.54. The minimum Gasteiger partial charge on any atom is -0.450 e. The second-order valence-electron chi connectivity index (χ2n) is 2.74. The number of nitrogens with zero attached hydrogens (tertiary/aromatic N) is 1. The summed E-state index contributed by atoms with van der Waals surface area (Å²) in [7, 11) is 0. The highest BCUT2D eigenvalue weighted by atomic mass is 32.1. The number of hydrogen-bond acceptors (Lipinski definition) is 4. The minimum atomic E-state index is -0.353. The van der Waals surface area contributed by atoms with Crippen LogP contribution in [0.1, 0.15) is 16.8 Å². The van der Waals surface area contributed by atoms with Crippen LogP contribution in [0.2, 0.25) is 0 Å². The molecule has 0 fully saturated rings. The lowest BCUT2D eigenvalue weighted by Crippen LogP contribution is -2.26. The van der Waals surface area contributed by atoms with E-state index in [2.05, 4.69) is 10.3 Å². The van der Waals surface area contributed by atoms with Gasteiger partial charge in [-0.1, -0.05) is 0 Å². The maximum Gasteiger partial charge on any atom is 0.407 e. The fourth-order valence-electron chi connectivity index (χ4n) is 0.991. The minimum absolute atomic E-state index is 0.353. The van der Waals surface area contributed by atoms with E-state index in [0.717, 1.165) is 11.4 Å². The van der Waals surface area contributed by atoms with Gasteiger partial charge < -0.3 is 10.1 Å². The van der Waals surface area contributed by atoms with Crippen LogP contribution in [0, 0.1) is 6.92 Å². The van der Waals surface area contributed by atoms with Crippen molar-refractivity contribution in [3.05, 3.63) is 16.1 Å². The smallest absolute Gasteiger partial charge is 0.407 e. The zero-order valence-electron chi connectivity index (χ0n) is 8.37. The molecule has 0 saturated heterocycles. The van der Waals surface area contributed by atoms with Gasteiger partial charge in [0.15, 0.2) is 0 Å². The number of carbonyl (C=O) groups is 1. The van der Waals surface area contributed by atoms with Crippen molar-refractivity contribution in [2.45, 2.75) is 20.3 Å². The van der Waals surface area contributed by atoms with Crippen LogP contribution in [0.5, 0.6) is 0 Å². The first-order chi connectivity index (χ1) is 6.72. The predicted molar refractivity (Wildman–Crippen MR) is 55.6 cm³/mol.